The lowest BCUT2D eigenvalue weighted by molar-refractivity contribution is -0.0498. The van der Waals surface area contributed by atoms with Crippen molar-refractivity contribution >= 4 is 0 Å². The molecule has 0 saturated heterocycles. The molecule has 2 aromatic rings. The summed E-state index contributed by atoms with van der Waals surface area (Å²) in [6.07, 6.45) is 4.48. The fourth-order valence-electron chi connectivity index (χ4n) is 2.56. The molecule has 0 heterocycles. The second-order valence-electron chi connectivity index (χ2n) is 5.61. The summed E-state index contributed by atoms with van der Waals surface area (Å²) < 4.78 is 57.0. The highest BCUT2D eigenvalue weighted by atomic mass is 19.3. The molecule has 0 atom stereocenters. The predicted molar refractivity (Wildman–Crippen MR) is 86.3 cm³/mol. The Morgan fingerprint density at radius 2 is 1.58 bits per heavy atom. The number of hydrogen-bond donors (Lipinski definition) is 0. The lowest BCUT2D eigenvalue weighted by atomic mass is 9.99. The number of rotatable bonds is 8. The fraction of sp³-hybridized carbons (Fsp3) is 0.368. The fourth-order valence-corrected chi connectivity index (χ4v) is 2.56. The van der Waals surface area contributed by atoms with Gasteiger partial charge in [0.2, 0.25) is 0 Å². The average Bonchev–Trinajstić information content (AvgIpc) is 2.56. The van der Waals surface area contributed by atoms with Crippen molar-refractivity contribution in [3.8, 4) is 16.9 Å². The van der Waals surface area contributed by atoms with E-state index in [2.05, 4.69) is 11.7 Å². The van der Waals surface area contributed by atoms with Gasteiger partial charge in [-0.3, -0.25) is 0 Å². The Balaban J connectivity index is 2.15. The third kappa shape index (κ3) is 4.73. The number of alkyl halides is 2. The van der Waals surface area contributed by atoms with E-state index >= 15 is 0 Å². The first-order valence-corrected chi connectivity index (χ1v) is 8.05. The Labute approximate surface area is 139 Å². The second-order valence-corrected chi connectivity index (χ2v) is 5.61. The molecule has 0 bridgehead atoms. The SMILES string of the molecule is CCCCCCc1ccc(-c2ccc(OC(F)F)cc2)c(F)c1F. The zero-order valence-electron chi connectivity index (χ0n) is 13.5. The van der Waals surface area contributed by atoms with E-state index in [1.165, 1.54) is 30.3 Å². The van der Waals surface area contributed by atoms with Crippen molar-refractivity contribution in [1.82, 2.24) is 0 Å². The maximum Gasteiger partial charge on any atom is 0.387 e. The van der Waals surface area contributed by atoms with Crippen molar-refractivity contribution in [1.29, 1.82) is 0 Å². The highest BCUT2D eigenvalue weighted by Crippen LogP contribution is 2.29. The number of hydrogen-bond acceptors (Lipinski definition) is 1. The summed E-state index contributed by atoms with van der Waals surface area (Å²) in [6.45, 7) is -0.829. The molecule has 0 unspecified atom stereocenters. The van der Waals surface area contributed by atoms with Crippen LogP contribution in [0.5, 0.6) is 5.75 Å². The summed E-state index contributed by atoms with van der Waals surface area (Å²) in [7, 11) is 0. The Bertz CT molecular complexity index is 653. The summed E-state index contributed by atoms with van der Waals surface area (Å²) >= 11 is 0. The third-order valence-electron chi connectivity index (χ3n) is 3.85. The highest BCUT2D eigenvalue weighted by molar-refractivity contribution is 5.65. The van der Waals surface area contributed by atoms with E-state index in [1.54, 1.807) is 6.07 Å². The van der Waals surface area contributed by atoms with Crippen LogP contribution in [0.15, 0.2) is 36.4 Å². The van der Waals surface area contributed by atoms with Gasteiger partial charge in [0.1, 0.15) is 5.75 Å². The Kier molecular flexibility index (Phi) is 6.64. The molecule has 0 amide bonds. The van der Waals surface area contributed by atoms with Crippen molar-refractivity contribution in [3.05, 3.63) is 53.6 Å². The molecule has 0 saturated carbocycles. The van der Waals surface area contributed by atoms with Gasteiger partial charge in [-0.25, -0.2) is 8.78 Å². The van der Waals surface area contributed by atoms with Crippen molar-refractivity contribution in [2.75, 3.05) is 0 Å². The Morgan fingerprint density at radius 1 is 0.875 bits per heavy atom. The van der Waals surface area contributed by atoms with Crippen LogP contribution in [0, 0.1) is 11.6 Å². The van der Waals surface area contributed by atoms with Crippen molar-refractivity contribution in [2.24, 2.45) is 0 Å². The van der Waals surface area contributed by atoms with Crippen LogP contribution in [0.4, 0.5) is 17.6 Å². The molecule has 0 fully saturated rings. The first kappa shape index (κ1) is 18.3. The van der Waals surface area contributed by atoms with Gasteiger partial charge in [0.25, 0.3) is 0 Å². The van der Waals surface area contributed by atoms with Gasteiger partial charge in [0, 0.05) is 5.56 Å². The average molecular weight is 340 g/mol. The van der Waals surface area contributed by atoms with Gasteiger partial charge < -0.3 is 4.74 Å². The molecular weight excluding hydrogens is 320 g/mol. The molecule has 0 spiro atoms. The molecule has 5 heteroatoms. The first-order chi connectivity index (χ1) is 11.5. The molecule has 24 heavy (non-hydrogen) atoms. The molecule has 0 aliphatic rings. The summed E-state index contributed by atoms with van der Waals surface area (Å²) in [5.41, 5.74) is 0.879. The first-order valence-electron chi connectivity index (χ1n) is 8.05. The normalized spacial score (nSPS) is 11.1. The number of ether oxygens (including phenoxy) is 1. The van der Waals surface area contributed by atoms with Crippen LogP contribution in [0.2, 0.25) is 0 Å². The molecule has 130 valence electrons. The van der Waals surface area contributed by atoms with E-state index in [0.29, 0.717) is 17.5 Å². The van der Waals surface area contributed by atoms with E-state index in [9.17, 15) is 17.6 Å². The number of benzene rings is 2. The van der Waals surface area contributed by atoms with E-state index in [1.807, 2.05) is 0 Å². The maximum atomic E-state index is 14.3. The molecule has 0 aromatic heterocycles. The lowest BCUT2D eigenvalue weighted by Crippen LogP contribution is -2.01. The van der Waals surface area contributed by atoms with Crippen LogP contribution in [0.25, 0.3) is 11.1 Å². The van der Waals surface area contributed by atoms with Crippen LogP contribution >= 0.6 is 0 Å². The highest BCUT2D eigenvalue weighted by Gasteiger charge is 2.15. The van der Waals surface area contributed by atoms with Crippen LogP contribution in [0.3, 0.4) is 0 Å². The van der Waals surface area contributed by atoms with E-state index < -0.39 is 18.2 Å². The Hall–Kier alpha value is -2.04. The van der Waals surface area contributed by atoms with E-state index in [0.717, 1.165) is 25.7 Å². The number of aryl methyl sites for hydroxylation is 1. The van der Waals surface area contributed by atoms with Crippen LogP contribution < -0.4 is 4.74 Å². The topological polar surface area (TPSA) is 9.23 Å². The monoisotopic (exact) mass is 340 g/mol. The second kappa shape index (κ2) is 8.71. The summed E-state index contributed by atoms with van der Waals surface area (Å²) in [5.74, 6) is -1.77. The van der Waals surface area contributed by atoms with Crippen molar-refractivity contribution in [3.63, 3.8) is 0 Å². The number of unbranched alkanes of at least 4 members (excludes halogenated alkanes) is 3. The Morgan fingerprint density at radius 3 is 2.21 bits per heavy atom. The third-order valence-corrected chi connectivity index (χ3v) is 3.85. The summed E-state index contributed by atoms with van der Waals surface area (Å²) in [5, 5.41) is 0. The quantitative estimate of drug-likeness (QED) is 0.401. The molecule has 0 N–H and O–H groups in total. The van der Waals surface area contributed by atoms with Gasteiger partial charge in [0.05, 0.1) is 0 Å². The van der Waals surface area contributed by atoms with E-state index in [4.69, 9.17) is 0 Å². The smallest absolute Gasteiger partial charge is 0.387 e. The molecule has 2 rings (SSSR count). The molecule has 1 nitrogen and oxygen atoms in total. The van der Waals surface area contributed by atoms with Gasteiger partial charge >= 0.3 is 6.61 Å². The summed E-state index contributed by atoms with van der Waals surface area (Å²) in [6, 6.07) is 8.57. The van der Waals surface area contributed by atoms with Crippen LogP contribution in [-0.2, 0) is 6.42 Å². The minimum absolute atomic E-state index is 0.0258. The molecular formula is C19H20F4O. The van der Waals surface area contributed by atoms with Crippen molar-refractivity contribution < 1.29 is 22.3 Å². The van der Waals surface area contributed by atoms with Gasteiger partial charge in [0.15, 0.2) is 11.6 Å². The maximum absolute atomic E-state index is 14.3. The minimum atomic E-state index is -2.92. The van der Waals surface area contributed by atoms with Crippen LogP contribution in [-0.4, -0.2) is 6.61 Å². The zero-order valence-corrected chi connectivity index (χ0v) is 13.5. The molecule has 2 aromatic carbocycles. The minimum Gasteiger partial charge on any atom is -0.435 e. The van der Waals surface area contributed by atoms with Gasteiger partial charge in [-0.05, 0) is 36.1 Å². The van der Waals surface area contributed by atoms with Crippen LogP contribution in [0.1, 0.15) is 38.2 Å². The standard InChI is InChI=1S/C19H20F4O/c1-2-3-4-5-6-14-9-12-16(18(21)17(14)20)13-7-10-15(11-8-13)24-19(22)23/h7-12,19H,2-6H2,1H3. The number of halogens is 4. The van der Waals surface area contributed by atoms with Gasteiger partial charge in [-0.1, -0.05) is 50.5 Å². The molecule has 0 aliphatic carbocycles. The largest absolute Gasteiger partial charge is 0.435 e. The van der Waals surface area contributed by atoms with Crippen molar-refractivity contribution in [2.45, 2.75) is 45.6 Å². The molecule has 0 radical (unpaired) electrons. The molecule has 0 aliphatic heterocycles. The van der Waals surface area contributed by atoms with Gasteiger partial charge in [-0.15, -0.1) is 0 Å². The predicted octanol–water partition coefficient (Wildman–Crippen LogP) is 6.36. The van der Waals surface area contributed by atoms with Gasteiger partial charge in [-0.2, -0.15) is 8.78 Å². The summed E-state index contributed by atoms with van der Waals surface area (Å²) in [4.78, 5) is 0. The van der Waals surface area contributed by atoms with E-state index in [-0.39, 0.29) is 11.3 Å². The lowest BCUT2D eigenvalue weighted by Gasteiger charge is -2.10. The zero-order chi connectivity index (χ0) is 17.5.